The molecule has 0 heterocycles. The van der Waals surface area contributed by atoms with Crippen LogP contribution in [0.1, 0.15) is 24.1 Å². The topological polar surface area (TPSA) is 84.5 Å². The number of rotatable bonds is 9. The first kappa shape index (κ1) is 24.0. The molecule has 2 atom stereocenters. The second kappa shape index (κ2) is 10.8. The quantitative estimate of drug-likeness (QED) is 0.445. The number of carbonyl (C=O) groups is 1. The molecule has 2 N–H and O–H groups in total. The number of carbonyl (C=O) groups excluding carboxylic acids is 1. The smallest absolute Gasteiger partial charge is 0.241 e. The van der Waals surface area contributed by atoms with Crippen molar-refractivity contribution in [1.29, 1.82) is 0 Å². The molecule has 3 rings (SSSR count). The monoisotopic (exact) mass is 516 g/mol. The minimum atomic E-state index is -3.90. The first-order valence-electron chi connectivity index (χ1n) is 10.0. The van der Waals surface area contributed by atoms with Crippen LogP contribution in [-0.4, -0.2) is 27.5 Å². The van der Waals surface area contributed by atoms with E-state index in [-0.39, 0.29) is 17.4 Å². The summed E-state index contributed by atoms with van der Waals surface area (Å²) in [4.78, 5) is 13.2. The lowest BCUT2D eigenvalue weighted by atomic mass is 10.0. The van der Waals surface area contributed by atoms with Crippen LogP contribution in [0.2, 0.25) is 0 Å². The third-order valence-corrected chi connectivity index (χ3v) is 7.01. The molecule has 168 valence electrons. The highest BCUT2D eigenvalue weighted by Gasteiger charge is 2.27. The van der Waals surface area contributed by atoms with Crippen molar-refractivity contribution in [1.82, 2.24) is 10.0 Å². The Kier molecular flexibility index (Phi) is 8.06. The van der Waals surface area contributed by atoms with E-state index in [1.54, 1.807) is 19.2 Å². The molecule has 0 saturated carbocycles. The lowest BCUT2D eigenvalue weighted by Gasteiger charge is -2.22. The van der Waals surface area contributed by atoms with Crippen molar-refractivity contribution in [2.24, 2.45) is 0 Å². The predicted molar refractivity (Wildman–Crippen MR) is 128 cm³/mol. The Hall–Kier alpha value is -2.68. The molecule has 0 saturated heterocycles. The second-order valence-corrected chi connectivity index (χ2v) is 9.95. The molecule has 1 amide bonds. The molecular formula is C24H25BrN2O4S. The van der Waals surface area contributed by atoms with Gasteiger partial charge in [0.1, 0.15) is 11.8 Å². The number of hydrogen-bond acceptors (Lipinski definition) is 4. The van der Waals surface area contributed by atoms with E-state index in [0.717, 1.165) is 21.3 Å². The summed E-state index contributed by atoms with van der Waals surface area (Å²) in [5.41, 5.74) is 1.73. The van der Waals surface area contributed by atoms with Gasteiger partial charge in [-0.3, -0.25) is 4.79 Å². The average molecular weight is 517 g/mol. The molecule has 0 aromatic heterocycles. The molecular weight excluding hydrogens is 492 g/mol. The number of benzene rings is 3. The van der Waals surface area contributed by atoms with Gasteiger partial charge in [0.2, 0.25) is 15.9 Å². The van der Waals surface area contributed by atoms with Crippen LogP contribution in [0.4, 0.5) is 0 Å². The number of amides is 1. The molecule has 6 nitrogen and oxygen atoms in total. The summed E-state index contributed by atoms with van der Waals surface area (Å²) in [5.74, 6) is 0.314. The molecule has 0 aliphatic rings. The lowest BCUT2D eigenvalue weighted by molar-refractivity contribution is -0.123. The predicted octanol–water partition coefficient (Wildman–Crippen LogP) is 4.22. The van der Waals surface area contributed by atoms with E-state index in [9.17, 15) is 13.2 Å². The summed E-state index contributed by atoms with van der Waals surface area (Å²) in [6.07, 6.45) is 0.220. The maximum Gasteiger partial charge on any atom is 0.241 e. The molecule has 0 aliphatic heterocycles. The van der Waals surface area contributed by atoms with E-state index in [4.69, 9.17) is 4.74 Å². The van der Waals surface area contributed by atoms with Crippen LogP contribution in [0.15, 0.2) is 88.2 Å². The van der Waals surface area contributed by atoms with Crippen LogP contribution in [-0.2, 0) is 21.2 Å². The summed E-state index contributed by atoms with van der Waals surface area (Å²) in [7, 11) is -2.31. The summed E-state index contributed by atoms with van der Waals surface area (Å²) in [6, 6.07) is 21.6. The Morgan fingerprint density at radius 2 is 1.59 bits per heavy atom. The van der Waals surface area contributed by atoms with Crippen LogP contribution in [0.5, 0.6) is 5.75 Å². The Balaban J connectivity index is 1.81. The van der Waals surface area contributed by atoms with E-state index >= 15 is 0 Å². The Morgan fingerprint density at radius 3 is 2.19 bits per heavy atom. The van der Waals surface area contributed by atoms with Crippen LogP contribution in [0.3, 0.4) is 0 Å². The second-order valence-electron chi connectivity index (χ2n) is 7.32. The van der Waals surface area contributed by atoms with E-state index < -0.39 is 22.0 Å². The maximum atomic E-state index is 13.1. The van der Waals surface area contributed by atoms with Gasteiger partial charge in [-0.15, -0.1) is 0 Å². The van der Waals surface area contributed by atoms with Crippen molar-refractivity contribution in [3.8, 4) is 5.75 Å². The zero-order chi connectivity index (χ0) is 23.1. The van der Waals surface area contributed by atoms with Crippen LogP contribution in [0, 0.1) is 0 Å². The van der Waals surface area contributed by atoms with Gasteiger partial charge in [-0.1, -0.05) is 58.4 Å². The average Bonchev–Trinajstić information content (AvgIpc) is 2.79. The van der Waals surface area contributed by atoms with Gasteiger partial charge in [0.05, 0.1) is 18.0 Å². The molecule has 0 bridgehead atoms. The van der Waals surface area contributed by atoms with E-state index in [2.05, 4.69) is 26.0 Å². The van der Waals surface area contributed by atoms with Gasteiger partial charge in [-0.2, -0.15) is 4.72 Å². The van der Waals surface area contributed by atoms with Gasteiger partial charge in [0, 0.05) is 4.47 Å². The highest BCUT2D eigenvalue weighted by molar-refractivity contribution is 9.10. The van der Waals surface area contributed by atoms with Crippen molar-refractivity contribution in [3.63, 3.8) is 0 Å². The Labute approximate surface area is 197 Å². The summed E-state index contributed by atoms with van der Waals surface area (Å²) < 4.78 is 34.4. The highest BCUT2D eigenvalue weighted by atomic mass is 79.9. The molecule has 0 fully saturated rings. The fourth-order valence-electron chi connectivity index (χ4n) is 3.20. The third-order valence-electron chi connectivity index (χ3n) is 5.00. The Morgan fingerprint density at radius 1 is 0.969 bits per heavy atom. The van der Waals surface area contributed by atoms with Crippen LogP contribution < -0.4 is 14.8 Å². The van der Waals surface area contributed by atoms with Crippen molar-refractivity contribution >= 4 is 31.9 Å². The van der Waals surface area contributed by atoms with E-state index in [0.29, 0.717) is 0 Å². The summed E-state index contributed by atoms with van der Waals surface area (Å²) in [5, 5.41) is 2.92. The number of halogens is 1. The molecule has 0 aliphatic carbocycles. The van der Waals surface area contributed by atoms with E-state index in [1.807, 2.05) is 61.5 Å². The lowest BCUT2D eigenvalue weighted by Crippen LogP contribution is -2.48. The molecule has 32 heavy (non-hydrogen) atoms. The van der Waals surface area contributed by atoms with Crippen LogP contribution in [0.25, 0.3) is 0 Å². The first-order chi connectivity index (χ1) is 15.3. The molecule has 8 heteroatoms. The zero-order valence-corrected chi connectivity index (χ0v) is 20.2. The van der Waals surface area contributed by atoms with Gasteiger partial charge in [0.25, 0.3) is 0 Å². The zero-order valence-electron chi connectivity index (χ0n) is 17.8. The van der Waals surface area contributed by atoms with Gasteiger partial charge in [0.15, 0.2) is 0 Å². The fourth-order valence-corrected chi connectivity index (χ4v) is 4.66. The van der Waals surface area contributed by atoms with Gasteiger partial charge in [-0.05, 0) is 60.9 Å². The minimum absolute atomic E-state index is 0.0924. The van der Waals surface area contributed by atoms with Crippen molar-refractivity contribution in [3.05, 3.63) is 94.5 Å². The molecule has 0 spiro atoms. The number of ether oxygens (including phenoxy) is 1. The Bertz CT molecular complexity index is 1130. The first-order valence-corrected chi connectivity index (χ1v) is 12.3. The fraction of sp³-hybridized carbons (Fsp3) is 0.208. The SMILES string of the molecule is COc1ccc([C@@H](C)NC(=O)[C@H](Cc2ccccc2)NS(=O)(=O)c2ccc(Br)cc2)cc1. The molecule has 3 aromatic rings. The van der Waals surface area contributed by atoms with Gasteiger partial charge < -0.3 is 10.1 Å². The number of sulfonamides is 1. The van der Waals surface area contributed by atoms with Crippen molar-refractivity contribution in [2.75, 3.05) is 7.11 Å². The maximum absolute atomic E-state index is 13.1. The van der Waals surface area contributed by atoms with Crippen LogP contribution >= 0.6 is 15.9 Å². The number of nitrogens with one attached hydrogen (secondary N) is 2. The minimum Gasteiger partial charge on any atom is -0.497 e. The van der Waals surface area contributed by atoms with E-state index in [1.165, 1.54) is 12.1 Å². The number of methoxy groups -OCH3 is 1. The third kappa shape index (κ3) is 6.41. The molecule has 0 unspecified atom stereocenters. The van der Waals surface area contributed by atoms with Gasteiger partial charge in [-0.25, -0.2) is 8.42 Å². The summed E-state index contributed by atoms with van der Waals surface area (Å²) in [6.45, 7) is 1.85. The van der Waals surface area contributed by atoms with Gasteiger partial charge >= 0.3 is 0 Å². The summed E-state index contributed by atoms with van der Waals surface area (Å²) >= 11 is 3.30. The number of hydrogen-bond donors (Lipinski definition) is 2. The van der Waals surface area contributed by atoms with Crippen molar-refractivity contribution < 1.29 is 17.9 Å². The normalized spacial score (nSPS) is 13.2. The molecule has 0 radical (unpaired) electrons. The largest absolute Gasteiger partial charge is 0.497 e. The van der Waals surface area contributed by atoms with Crippen molar-refractivity contribution in [2.45, 2.75) is 30.3 Å². The molecule has 3 aromatic carbocycles. The highest BCUT2D eigenvalue weighted by Crippen LogP contribution is 2.19. The standard InChI is InChI=1S/C24H25BrN2O4S/c1-17(19-8-12-21(31-2)13-9-19)26-24(28)23(16-18-6-4-3-5-7-18)27-32(29,30)22-14-10-20(25)11-15-22/h3-15,17,23,27H,16H2,1-2H3,(H,26,28)/t17-,23+/m1/s1.